The lowest BCUT2D eigenvalue weighted by Crippen LogP contribution is -2.23. The first-order valence-electron chi connectivity index (χ1n) is 8.23. The topological polar surface area (TPSA) is 110 Å². The fourth-order valence-corrected chi connectivity index (χ4v) is 3.15. The number of nitrogen functional groups attached to an aromatic ring is 1. The molecule has 0 aliphatic carbocycles. The molecule has 27 heavy (non-hydrogen) atoms. The van der Waals surface area contributed by atoms with E-state index in [-0.39, 0.29) is 5.91 Å². The number of amides is 1. The molecule has 0 saturated heterocycles. The zero-order chi connectivity index (χ0) is 19.4. The van der Waals surface area contributed by atoms with Crippen molar-refractivity contribution in [1.29, 1.82) is 5.26 Å². The van der Waals surface area contributed by atoms with E-state index in [0.717, 1.165) is 11.1 Å². The Kier molecular flexibility index (Phi) is 5.43. The van der Waals surface area contributed by atoms with Gasteiger partial charge in [-0.2, -0.15) is 5.26 Å². The number of aromatic nitrogens is 3. The van der Waals surface area contributed by atoms with E-state index in [2.05, 4.69) is 15.5 Å². The quantitative estimate of drug-likeness (QED) is 0.522. The van der Waals surface area contributed by atoms with Crippen LogP contribution >= 0.6 is 11.8 Å². The van der Waals surface area contributed by atoms with Crippen molar-refractivity contribution in [3.8, 4) is 17.5 Å². The Bertz CT molecular complexity index is 1010. The van der Waals surface area contributed by atoms with Gasteiger partial charge < -0.3 is 11.2 Å². The standard InChI is InChI=1S/C19H18N6OS/c1-12-6-8-15(9-7-12)17-23-24-19(25(17)21)27-13(2)18(26)22-16-5-3-4-14(10-16)11-20/h3-10,13H,21H2,1-2H3,(H,22,26)/t13-/m1/s1. The number of carbonyl (C=O) groups is 1. The Hall–Kier alpha value is -3.31. The van der Waals surface area contributed by atoms with Crippen LogP contribution in [0.1, 0.15) is 18.1 Å². The first kappa shape index (κ1) is 18.5. The molecule has 0 aliphatic heterocycles. The van der Waals surface area contributed by atoms with Crippen LogP contribution in [0.5, 0.6) is 0 Å². The van der Waals surface area contributed by atoms with Gasteiger partial charge in [0.25, 0.3) is 0 Å². The normalized spacial score (nSPS) is 11.6. The minimum atomic E-state index is -0.451. The van der Waals surface area contributed by atoms with Gasteiger partial charge in [-0.25, -0.2) is 4.68 Å². The summed E-state index contributed by atoms with van der Waals surface area (Å²) in [6.45, 7) is 3.76. The minimum absolute atomic E-state index is 0.213. The van der Waals surface area contributed by atoms with E-state index < -0.39 is 5.25 Å². The van der Waals surface area contributed by atoms with Crippen molar-refractivity contribution in [3.05, 3.63) is 59.7 Å². The fourth-order valence-electron chi connectivity index (χ4n) is 2.38. The Morgan fingerprint density at radius 2 is 2.00 bits per heavy atom. The van der Waals surface area contributed by atoms with Crippen LogP contribution in [-0.4, -0.2) is 26.0 Å². The molecule has 1 aromatic heterocycles. The van der Waals surface area contributed by atoms with Crippen molar-refractivity contribution in [1.82, 2.24) is 14.9 Å². The van der Waals surface area contributed by atoms with E-state index >= 15 is 0 Å². The second-order valence-corrected chi connectivity index (χ2v) is 7.29. The van der Waals surface area contributed by atoms with Crippen molar-refractivity contribution >= 4 is 23.4 Å². The highest BCUT2D eigenvalue weighted by Crippen LogP contribution is 2.25. The SMILES string of the molecule is Cc1ccc(-c2nnc(S[C@H](C)C(=O)Nc3cccc(C#N)c3)n2N)cc1. The smallest absolute Gasteiger partial charge is 0.237 e. The number of anilines is 1. The third kappa shape index (κ3) is 4.27. The molecule has 3 rings (SSSR count). The Balaban J connectivity index is 1.70. The van der Waals surface area contributed by atoms with Gasteiger partial charge >= 0.3 is 0 Å². The summed E-state index contributed by atoms with van der Waals surface area (Å²) in [5.41, 5.74) is 3.05. The summed E-state index contributed by atoms with van der Waals surface area (Å²) < 4.78 is 1.38. The van der Waals surface area contributed by atoms with Gasteiger partial charge in [0.05, 0.1) is 16.9 Å². The maximum absolute atomic E-state index is 12.4. The Morgan fingerprint density at radius 3 is 2.70 bits per heavy atom. The van der Waals surface area contributed by atoms with Crippen LogP contribution in [0, 0.1) is 18.3 Å². The molecule has 1 heterocycles. The second-order valence-electron chi connectivity index (χ2n) is 5.98. The average molecular weight is 378 g/mol. The van der Waals surface area contributed by atoms with Gasteiger partial charge in [-0.1, -0.05) is 47.7 Å². The predicted octanol–water partition coefficient (Wildman–Crippen LogP) is 2.96. The van der Waals surface area contributed by atoms with Crippen LogP contribution in [0.15, 0.2) is 53.7 Å². The third-order valence-corrected chi connectivity index (χ3v) is 4.94. The minimum Gasteiger partial charge on any atom is -0.335 e. The number of carbonyl (C=O) groups excluding carboxylic acids is 1. The molecule has 1 amide bonds. The average Bonchev–Trinajstić information content (AvgIpc) is 3.03. The van der Waals surface area contributed by atoms with E-state index in [1.165, 1.54) is 16.4 Å². The molecule has 0 aliphatic rings. The Labute approximate surface area is 161 Å². The summed E-state index contributed by atoms with van der Waals surface area (Å²) in [6, 6.07) is 16.6. The number of aryl methyl sites for hydroxylation is 1. The van der Waals surface area contributed by atoms with E-state index in [1.54, 1.807) is 31.2 Å². The van der Waals surface area contributed by atoms with Gasteiger partial charge in [-0.3, -0.25) is 4.79 Å². The lowest BCUT2D eigenvalue weighted by Gasteiger charge is -2.11. The molecule has 2 aromatic carbocycles. The largest absolute Gasteiger partial charge is 0.335 e. The van der Waals surface area contributed by atoms with Crippen molar-refractivity contribution in [2.75, 3.05) is 11.2 Å². The summed E-state index contributed by atoms with van der Waals surface area (Å²) in [6.07, 6.45) is 0. The first-order valence-corrected chi connectivity index (χ1v) is 9.11. The van der Waals surface area contributed by atoms with Crippen molar-refractivity contribution in [2.24, 2.45) is 0 Å². The van der Waals surface area contributed by atoms with Crippen LogP contribution in [0.4, 0.5) is 5.69 Å². The van der Waals surface area contributed by atoms with Gasteiger partial charge in [0.15, 0.2) is 5.82 Å². The van der Waals surface area contributed by atoms with E-state index in [4.69, 9.17) is 11.1 Å². The van der Waals surface area contributed by atoms with Gasteiger partial charge in [0.2, 0.25) is 11.1 Å². The van der Waals surface area contributed by atoms with Crippen LogP contribution in [0.3, 0.4) is 0 Å². The zero-order valence-electron chi connectivity index (χ0n) is 14.9. The lowest BCUT2D eigenvalue weighted by atomic mass is 10.1. The van der Waals surface area contributed by atoms with Crippen LogP contribution in [0.2, 0.25) is 0 Å². The van der Waals surface area contributed by atoms with Crippen LogP contribution < -0.4 is 11.2 Å². The lowest BCUT2D eigenvalue weighted by molar-refractivity contribution is -0.115. The van der Waals surface area contributed by atoms with E-state index in [9.17, 15) is 4.79 Å². The van der Waals surface area contributed by atoms with Gasteiger partial charge in [0, 0.05) is 11.3 Å². The number of hydrogen-bond donors (Lipinski definition) is 2. The molecule has 3 N–H and O–H groups in total. The van der Waals surface area contributed by atoms with Crippen molar-refractivity contribution in [2.45, 2.75) is 24.3 Å². The highest BCUT2D eigenvalue weighted by atomic mass is 32.2. The molecule has 0 fully saturated rings. The summed E-state index contributed by atoms with van der Waals surface area (Å²) in [5, 5.41) is 20.0. The molecule has 136 valence electrons. The number of nitrogens with two attached hydrogens (primary N) is 1. The number of thioether (sulfide) groups is 1. The van der Waals surface area contributed by atoms with Gasteiger partial charge in [-0.05, 0) is 32.0 Å². The molecule has 8 heteroatoms. The highest BCUT2D eigenvalue weighted by Gasteiger charge is 2.20. The molecule has 0 saturated carbocycles. The predicted molar refractivity (Wildman–Crippen MR) is 105 cm³/mol. The zero-order valence-corrected chi connectivity index (χ0v) is 15.7. The van der Waals surface area contributed by atoms with Crippen molar-refractivity contribution < 1.29 is 4.79 Å². The summed E-state index contributed by atoms with van der Waals surface area (Å²) in [4.78, 5) is 12.4. The molecular weight excluding hydrogens is 360 g/mol. The summed E-state index contributed by atoms with van der Waals surface area (Å²) in [7, 11) is 0. The van der Waals surface area contributed by atoms with E-state index in [1.807, 2.05) is 37.3 Å². The fraction of sp³-hybridized carbons (Fsp3) is 0.158. The molecule has 0 bridgehead atoms. The number of hydrogen-bond acceptors (Lipinski definition) is 6. The molecule has 0 unspecified atom stereocenters. The summed E-state index contributed by atoms with van der Waals surface area (Å²) in [5.74, 6) is 6.44. The molecule has 7 nitrogen and oxygen atoms in total. The van der Waals surface area contributed by atoms with Gasteiger partial charge in [0.1, 0.15) is 0 Å². The molecule has 0 spiro atoms. The molecule has 1 atom stereocenters. The number of nitrogens with zero attached hydrogens (tertiary/aromatic N) is 4. The second kappa shape index (κ2) is 7.93. The maximum Gasteiger partial charge on any atom is 0.237 e. The van der Waals surface area contributed by atoms with Crippen LogP contribution in [0.25, 0.3) is 11.4 Å². The number of rotatable bonds is 5. The number of nitrogens with one attached hydrogen (secondary N) is 1. The van der Waals surface area contributed by atoms with Crippen LogP contribution in [-0.2, 0) is 4.79 Å². The number of benzene rings is 2. The Morgan fingerprint density at radius 1 is 1.26 bits per heavy atom. The molecule has 0 radical (unpaired) electrons. The first-order chi connectivity index (χ1) is 13.0. The summed E-state index contributed by atoms with van der Waals surface area (Å²) >= 11 is 1.21. The van der Waals surface area contributed by atoms with Gasteiger partial charge in [-0.15, -0.1) is 10.2 Å². The number of nitriles is 1. The van der Waals surface area contributed by atoms with E-state index in [0.29, 0.717) is 22.2 Å². The molecular formula is C19H18N6OS. The highest BCUT2D eigenvalue weighted by molar-refractivity contribution is 8.00. The monoisotopic (exact) mass is 378 g/mol. The third-order valence-electron chi connectivity index (χ3n) is 3.88. The maximum atomic E-state index is 12.4. The van der Waals surface area contributed by atoms with Crippen molar-refractivity contribution in [3.63, 3.8) is 0 Å². The molecule has 3 aromatic rings.